The van der Waals surface area contributed by atoms with Gasteiger partial charge in [0.2, 0.25) is 0 Å². The lowest BCUT2D eigenvalue weighted by molar-refractivity contribution is 0.143. The number of phenols is 1. The highest BCUT2D eigenvalue weighted by Crippen LogP contribution is 2.44. The van der Waals surface area contributed by atoms with E-state index < -0.39 is 6.09 Å². The first kappa shape index (κ1) is 18.6. The van der Waals surface area contributed by atoms with Gasteiger partial charge in [0.05, 0.1) is 0 Å². The lowest BCUT2D eigenvalue weighted by Gasteiger charge is -2.14. The average molecular weight is 438 g/mol. The zero-order valence-electron chi connectivity index (χ0n) is 15.2. The fraction of sp³-hybridized carbons (Fsp3) is 0.174. The van der Waals surface area contributed by atoms with E-state index in [4.69, 9.17) is 4.74 Å². The number of carbonyl (C=O) groups excluding carboxylic acids is 1. The number of hydrogen-bond donors (Lipinski definition) is 2. The molecule has 0 bridgehead atoms. The molecule has 0 fully saturated rings. The molecule has 0 spiro atoms. The molecular formula is C23H20BrNO3. The van der Waals surface area contributed by atoms with Gasteiger partial charge in [-0.2, -0.15) is 0 Å². The van der Waals surface area contributed by atoms with Gasteiger partial charge in [-0.3, -0.25) is 0 Å². The number of hydrogen-bond acceptors (Lipinski definition) is 3. The molecule has 4 rings (SSSR count). The Morgan fingerprint density at radius 2 is 1.64 bits per heavy atom. The van der Waals surface area contributed by atoms with E-state index in [2.05, 4.69) is 45.5 Å². The maximum absolute atomic E-state index is 12.2. The van der Waals surface area contributed by atoms with E-state index in [1.165, 1.54) is 22.3 Å². The Hall–Kier alpha value is -2.79. The molecule has 1 aliphatic rings. The molecule has 0 heterocycles. The number of benzene rings is 3. The fourth-order valence-electron chi connectivity index (χ4n) is 3.70. The molecule has 1 amide bonds. The van der Waals surface area contributed by atoms with Crippen LogP contribution < -0.4 is 5.32 Å². The number of fused-ring (bicyclic) bond motifs is 3. The van der Waals surface area contributed by atoms with Crippen LogP contribution in [-0.4, -0.2) is 24.4 Å². The van der Waals surface area contributed by atoms with Gasteiger partial charge in [-0.1, -0.05) is 64.5 Å². The highest BCUT2D eigenvalue weighted by atomic mass is 79.9. The summed E-state index contributed by atoms with van der Waals surface area (Å²) in [6.45, 7) is 0.731. The summed E-state index contributed by atoms with van der Waals surface area (Å²) in [6.07, 6.45) is 0.164. The van der Waals surface area contributed by atoms with Crippen molar-refractivity contribution in [3.05, 3.63) is 87.9 Å². The van der Waals surface area contributed by atoms with Crippen LogP contribution in [0.2, 0.25) is 0 Å². The number of ether oxygens (including phenoxy) is 1. The topological polar surface area (TPSA) is 58.6 Å². The van der Waals surface area contributed by atoms with Crippen LogP contribution in [0.25, 0.3) is 11.1 Å². The van der Waals surface area contributed by atoms with Gasteiger partial charge in [0.15, 0.2) is 0 Å². The van der Waals surface area contributed by atoms with Gasteiger partial charge in [0.25, 0.3) is 0 Å². The van der Waals surface area contributed by atoms with Crippen molar-refractivity contribution in [2.75, 3.05) is 13.2 Å². The summed E-state index contributed by atoms with van der Waals surface area (Å²) in [6, 6.07) is 21.6. The summed E-state index contributed by atoms with van der Waals surface area (Å²) in [5, 5.41) is 12.4. The summed E-state index contributed by atoms with van der Waals surface area (Å²) >= 11 is 3.45. The first-order valence-corrected chi connectivity index (χ1v) is 9.99. The normalized spacial score (nSPS) is 12.3. The SMILES string of the molecule is O=C(NCCc1cc(O)ccc1Br)OCC1c2ccccc2-c2ccccc21. The van der Waals surface area contributed by atoms with E-state index in [0.29, 0.717) is 19.6 Å². The van der Waals surface area contributed by atoms with Gasteiger partial charge < -0.3 is 15.2 Å². The van der Waals surface area contributed by atoms with Crippen molar-refractivity contribution >= 4 is 22.0 Å². The van der Waals surface area contributed by atoms with E-state index >= 15 is 0 Å². The molecule has 4 nitrogen and oxygen atoms in total. The van der Waals surface area contributed by atoms with E-state index in [1.54, 1.807) is 18.2 Å². The van der Waals surface area contributed by atoms with Crippen molar-refractivity contribution in [1.29, 1.82) is 0 Å². The molecule has 0 atom stereocenters. The minimum absolute atomic E-state index is 0.0540. The third-order valence-corrected chi connectivity index (χ3v) is 5.81. The van der Waals surface area contributed by atoms with Gasteiger partial charge in [0.1, 0.15) is 12.4 Å². The van der Waals surface area contributed by atoms with E-state index in [0.717, 1.165) is 10.0 Å². The number of halogens is 1. The molecular weight excluding hydrogens is 418 g/mol. The monoisotopic (exact) mass is 437 g/mol. The van der Waals surface area contributed by atoms with Crippen LogP contribution >= 0.6 is 15.9 Å². The van der Waals surface area contributed by atoms with Crippen LogP contribution in [0.3, 0.4) is 0 Å². The molecule has 0 aromatic heterocycles. The zero-order valence-corrected chi connectivity index (χ0v) is 16.8. The molecule has 5 heteroatoms. The van der Waals surface area contributed by atoms with E-state index in [-0.39, 0.29) is 11.7 Å². The maximum Gasteiger partial charge on any atom is 0.407 e. The molecule has 0 saturated heterocycles. The van der Waals surface area contributed by atoms with Crippen molar-refractivity contribution in [3.8, 4) is 16.9 Å². The molecule has 142 valence electrons. The van der Waals surface area contributed by atoms with Gasteiger partial charge in [-0.25, -0.2) is 4.79 Å². The minimum atomic E-state index is -0.432. The number of phenolic OH excluding ortho intramolecular Hbond substituents is 1. The lowest BCUT2D eigenvalue weighted by atomic mass is 9.98. The van der Waals surface area contributed by atoms with Crippen LogP contribution in [0.15, 0.2) is 71.2 Å². The fourth-order valence-corrected chi connectivity index (χ4v) is 4.15. The predicted octanol–water partition coefficient (Wildman–Crippen LogP) is 5.24. The summed E-state index contributed by atoms with van der Waals surface area (Å²) in [7, 11) is 0. The number of rotatable bonds is 5. The Morgan fingerprint density at radius 3 is 2.32 bits per heavy atom. The molecule has 0 aliphatic heterocycles. The molecule has 28 heavy (non-hydrogen) atoms. The van der Waals surface area contributed by atoms with Crippen molar-refractivity contribution in [2.24, 2.45) is 0 Å². The van der Waals surface area contributed by atoms with E-state index in [9.17, 15) is 9.90 Å². The standard InChI is InChI=1S/C23H20BrNO3/c24-22-10-9-16(26)13-15(22)11-12-25-23(27)28-14-21-19-7-3-1-5-17(19)18-6-2-4-8-20(18)21/h1-10,13,21,26H,11-12,14H2,(H,25,27). The number of nitrogens with one attached hydrogen (secondary N) is 1. The second-order valence-electron chi connectivity index (χ2n) is 6.78. The van der Waals surface area contributed by atoms with Crippen LogP contribution in [0.5, 0.6) is 5.75 Å². The van der Waals surface area contributed by atoms with Crippen LogP contribution in [-0.2, 0) is 11.2 Å². The summed E-state index contributed by atoms with van der Waals surface area (Å²) in [4.78, 5) is 12.2. The summed E-state index contributed by atoms with van der Waals surface area (Å²) in [5.74, 6) is 0.262. The highest BCUT2D eigenvalue weighted by molar-refractivity contribution is 9.10. The van der Waals surface area contributed by atoms with Crippen LogP contribution in [0.1, 0.15) is 22.6 Å². The number of carbonyl (C=O) groups is 1. The van der Waals surface area contributed by atoms with Crippen molar-refractivity contribution < 1.29 is 14.6 Å². The summed E-state index contributed by atoms with van der Waals surface area (Å²) in [5.41, 5.74) is 5.74. The third-order valence-electron chi connectivity index (χ3n) is 5.04. The smallest absolute Gasteiger partial charge is 0.407 e. The first-order valence-electron chi connectivity index (χ1n) is 9.19. The Morgan fingerprint density at radius 1 is 1.00 bits per heavy atom. The Balaban J connectivity index is 1.36. The quantitative estimate of drug-likeness (QED) is 0.573. The van der Waals surface area contributed by atoms with E-state index in [1.807, 2.05) is 24.3 Å². The van der Waals surface area contributed by atoms with Crippen molar-refractivity contribution in [2.45, 2.75) is 12.3 Å². The number of amides is 1. The molecule has 0 saturated carbocycles. The third kappa shape index (κ3) is 3.76. The van der Waals surface area contributed by atoms with Gasteiger partial charge in [-0.05, 0) is 52.4 Å². The van der Waals surface area contributed by atoms with Gasteiger partial charge >= 0.3 is 6.09 Å². The molecule has 3 aromatic carbocycles. The van der Waals surface area contributed by atoms with Crippen LogP contribution in [0, 0.1) is 0 Å². The molecule has 0 unspecified atom stereocenters. The van der Waals surface area contributed by atoms with Crippen molar-refractivity contribution in [3.63, 3.8) is 0 Å². The maximum atomic E-state index is 12.2. The minimum Gasteiger partial charge on any atom is -0.508 e. The van der Waals surface area contributed by atoms with Gasteiger partial charge in [-0.15, -0.1) is 0 Å². The second-order valence-corrected chi connectivity index (χ2v) is 7.63. The lowest BCUT2D eigenvalue weighted by Crippen LogP contribution is -2.28. The summed E-state index contributed by atoms with van der Waals surface area (Å²) < 4.78 is 6.42. The van der Waals surface area contributed by atoms with Gasteiger partial charge in [0, 0.05) is 16.9 Å². The molecule has 2 N–H and O–H groups in total. The van der Waals surface area contributed by atoms with Crippen LogP contribution in [0.4, 0.5) is 4.79 Å². The zero-order chi connectivity index (χ0) is 19.5. The first-order chi connectivity index (χ1) is 13.6. The Bertz CT molecular complexity index is 973. The largest absolute Gasteiger partial charge is 0.508 e. The Labute approximate surface area is 172 Å². The predicted molar refractivity (Wildman–Crippen MR) is 113 cm³/mol. The molecule has 0 radical (unpaired) electrons. The second kappa shape index (κ2) is 8.07. The molecule has 1 aliphatic carbocycles. The molecule has 3 aromatic rings. The number of aromatic hydroxyl groups is 1. The average Bonchev–Trinajstić information content (AvgIpc) is 3.03. The Kier molecular flexibility index (Phi) is 5.35. The van der Waals surface area contributed by atoms with Crippen molar-refractivity contribution in [1.82, 2.24) is 5.32 Å². The highest BCUT2D eigenvalue weighted by Gasteiger charge is 2.28. The number of alkyl carbamates (subject to hydrolysis) is 1.